The molecule has 2 heteroatoms. The lowest BCUT2D eigenvalue weighted by Gasteiger charge is -2.18. The fourth-order valence-electron chi connectivity index (χ4n) is 1.89. The predicted octanol–water partition coefficient (Wildman–Crippen LogP) is 3.91. The van der Waals surface area contributed by atoms with Crippen LogP contribution in [0.15, 0.2) is 28.7 Å². The number of para-hydroxylation sites is 2. The smallest absolute Gasteiger partial charge is 0.201 e. The van der Waals surface area contributed by atoms with Crippen molar-refractivity contribution in [1.29, 1.82) is 0 Å². The van der Waals surface area contributed by atoms with E-state index in [9.17, 15) is 0 Å². The molecule has 0 unspecified atom stereocenters. The van der Waals surface area contributed by atoms with E-state index in [-0.39, 0.29) is 5.41 Å². The number of fused-ring (bicyclic) bond motifs is 1. The first-order valence-corrected chi connectivity index (χ1v) is 5.49. The van der Waals surface area contributed by atoms with Gasteiger partial charge in [0.05, 0.1) is 0 Å². The molecule has 0 aliphatic carbocycles. The molecule has 0 atom stereocenters. The quantitative estimate of drug-likeness (QED) is 0.756. The molecule has 2 rings (SSSR count). The van der Waals surface area contributed by atoms with Crippen molar-refractivity contribution in [1.82, 2.24) is 4.98 Å². The second-order valence-corrected chi connectivity index (χ2v) is 4.62. The third kappa shape index (κ3) is 1.89. The zero-order chi connectivity index (χ0) is 10.9. The summed E-state index contributed by atoms with van der Waals surface area (Å²) < 4.78 is 5.77. The van der Waals surface area contributed by atoms with E-state index in [1.54, 1.807) is 0 Å². The summed E-state index contributed by atoms with van der Waals surface area (Å²) in [4.78, 5) is 4.54. The Morgan fingerprint density at radius 1 is 1.27 bits per heavy atom. The van der Waals surface area contributed by atoms with Crippen LogP contribution in [0, 0.1) is 0 Å². The molecular weight excluding hydrogens is 186 g/mol. The van der Waals surface area contributed by atoms with Crippen molar-refractivity contribution in [3.05, 3.63) is 30.2 Å². The standard InChI is InChI=1S/C13H17NO/c1-4-9-13(2,3)12-14-10-7-5-6-8-11(10)15-12/h5-8H,4,9H2,1-3H3. The Labute approximate surface area is 90.3 Å². The zero-order valence-electron chi connectivity index (χ0n) is 9.58. The molecule has 0 fully saturated rings. The van der Waals surface area contributed by atoms with Gasteiger partial charge in [0.25, 0.3) is 0 Å². The minimum Gasteiger partial charge on any atom is -0.440 e. The molecule has 2 aromatic rings. The highest BCUT2D eigenvalue weighted by atomic mass is 16.3. The van der Waals surface area contributed by atoms with Crippen LogP contribution in [0.2, 0.25) is 0 Å². The Bertz CT molecular complexity index is 423. The van der Waals surface area contributed by atoms with Gasteiger partial charge in [-0.3, -0.25) is 0 Å². The maximum atomic E-state index is 5.77. The highest BCUT2D eigenvalue weighted by molar-refractivity contribution is 5.72. The molecule has 0 radical (unpaired) electrons. The van der Waals surface area contributed by atoms with Crippen molar-refractivity contribution in [2.24, 2.45) is 0 Å². The van der Waals surface area contributed by atoms with Gasteiger partial charge in [-0.05, 0) is 18.6 Å². The highest BCUT2D eigenvalue weighted by Gasteiger charge is 2.25. The number of benzene rings is 1. The molecule has 0 saturated heterocycles. The van der Waals surface area contributed by atoms with Gasteiger partial charge in [-0.1, -0.05) is 39.3 Å². The van der Waals surface area contributed by atoms with E-state index < -0.39 is 0 Å². The molecule has 80 valence electrons. The Balaban J connectivity index is 2.44. The van der Waals surface area contributed by atoms with Crippen LogP contribution in [-0.2, 0) is 5.41 Å². The number of hydrogen-bond acceptors (Lipinski definition) is 2. The molecule has 0 amide bonds. The molecule has 1 heterocycles. The summed E-state index contributed by atoms with van der Waals surface area (Å²) in [6, 6.07) is 7.92. The summed E-state index contributed by atoms with van der Waals surface area (Å²) in [5.74, 6) is 0.852. The molecule has 15 heavy (non-hydrogen) atoms. The SMILES string of the molecule is CCCC(C)(C)c1nc2ccccc2o1. The first kappa shape index (κ1) is 10.2. The van der Waals surface area contributed by atoms with Crippen LogP contribution >= 0.6 is 0 Å². The van der Waals surface area contributed by atoms with Crippen molar-refractivity contribution in [2.75, 3.05) is 0 Å². The maximum Gasteiger partial charge on any atom is 0.201 e. The Morgan fingerprint density at radius 2 is 2.00 bits per heavy atom. The average Bonchev–Trinajstić information content (AvgIpc) is 2.61. The third-order valence-electron chi connectivity index (χ3n) is 2.75. The van der Waals surface area contributed by atoms with E-state index in [0.717, 1.165) is 29.8 Å². The van der Waals surface area contributed by atoms with Crippen molar-refractivity contribution in [3.8, 4) is 0 Å². The monoisotopic (exact) mass is 203 g/mol. The van der Waals surface area contributed by atoms with E-state index in [1.807, 2.05) is 24.3 Å². The summed E-state index contributed by atoms with van der Waals surface area (Å²) in [5.41, 5.74) is 1.88. The van der Waals surface area contributed by atoms with Crippen molar-refractivity contribution in [3.63, 3.8) is 0 Å². The topological polar surface area (TPSA) is 26.0 Å². The molecule has 2 nitrogen and oxygen atoms in total. The number of hydrogen-bond donors (Lipinski definition) is 0. The maximum absolute atomic E-state index is 5.77. The first-order valence-electron chi connectivity index (χ1n) is 5.49. The van der Waals surface area contributed by atoms with Crippen molar-refractivity contribution < 1.29 is 4.42 Å². The molecule has 0 N–H and O–H groups in total. The largest absolute Gasteiger partial charge is 0.440 e. The summed E-state index contributed by atoms with van der Waals surface area (Å²) in [7, 11) is 0. The van der Waals surface area contributed by atoms with Crippen molar-refractivity contribution >= 4 is 11.1 Å². The minimum atomic E-state index is 0.0355. The number of oxazole rings is 1. The fraction of sp³-hybridized carbons (Fsp3) is 0.462. The van der Waals surface area contributed by atoms with Crippen LogP contribution in [0.1, 0.15) is 39.5 Å². The Kier molecular flexibility index (Phi) is 2.51. The van der Waals surface area contributed by atoms with E-state index in [4.69, 9.17) is 4.42 Å². The van der Waals surface area contributed by atoms with Crippen LogP contribution in [0.4, 0.5) is 0 Å². The third-order valence-corrected chi connectivity index (χ3v) is 2.75. The number of nitrogens with zero attached hydrogens (tertiary/aromatic N) is 1. The van der Waals surface area contributed by atoms with Gasteiger partial charge in [-0.2, -0.15) is 0 Å². The zero-order valence-corrected chi connectivity index (χ0v) is 9.58. The van der Waals surface area contributed by atoms with Crippen LogP contribution in [0.25, 0.3) is 11.1 Å². The van der Waals surface area contributed by atoms with Gasteiger partial charge in [-0.25, -0.2) is 4.98 Å². The highest BCUT2D eigenvalue weighted by Crippen LogP contribution is 2.30. The molecule has 0 aliphatic rings. The van der Waals surface area contributed by atoms with E-state index in [0.29, 0.717) is 0 Å². The van der Waals surface area contributed by atoms with Gasteiger partial charge < -0.3 is 4.42 Å². The molecule has 1 aromatic heterocycles. The van der Waals surface area contributed by atoms with E-state index >= 15 is 0 Å². The molecule has 0 aliphatic heterocycles. The minimum absolute atomic E-state index is 0.0355. The van der Waals surface area contributed by atoms with Gasteiger partial charge in [0.2, 0.25) is 5.89 Å². The lowest BCUT2D eigenvalue weighted by molar-refractivity contribution is 0.359. The second-order valence-electron chi connectivity index (χ2n) is 4.62. The van der Waals surface area contributed by atoms with Gasteiger partial charge in [-0.15, -0.1) is 0 Å². The molecular formula is C13H17NO. The summed E-state index contributed by atoms with van der Waals surface area (Å²) in [6.45, 7) is 6.55. The van der Waals surface area contributed by atoms with Crippen LogP contribution < -0.4 is 0 Å². The Hall–Kier alpha value is -1.31. The summed E-state index contributed by atoms with van der Waals surface area (Å²) in [6.07, 6.45) is 2.24. The van der Waals surface area contributed by atoms with Gasteiger partial charge in [0.15, 0.2) is 5.58 Å². The molecule has 0 spiro atoms. The Morgan fingerprint density at radius 3 is 2.67 bits per heavy atom. The first-order chi connectivity index (χ1) is 7.13. The van der Waals surface area contributed by atoms with Crippen molar-refractivity contribution in [2.45, 2.75) is 39.0 Å². The average molecular weight is 203 g/mol. The number of rotatable bonds is 3. The van der Waals surface area contributed by atoms with E-state index in [2.05, 4.69) is 25.8 Å². The predicted molar refractivity (Wildman–Crippen MR) is 61.9 cm³/mol. The lowest BCUT2D eigenvalue weighted by Crippen LogP contribution is -2.16. The molecule has 1 aromatic carbocycles. The molecule has 0 bridgehead atoms. The molecule has 0 saturated carbocycles. The van der Waals surface area contributed by atoms with Crippen LogP contribution in [-0.4, -0.2) is 4.98 Å². The lowest BCUT2D eigenvalue weighted by atomic mass is 9.88. The van der Waals surface area contributed by atoms with Gasteiger partial charge in [0.1, 0.15) is 5.52 Å². The van der Waals surface area contributed by atoms with Gasteiger partial charge >= 0.3 is 0 Å². The normalized spacial score (nSPS) is 12.2. The summed E-state index contributed by atoms with van der Waals surface area (Å²) >= 11 is 0. The second kappa shape index (κ2) is 3.69. The van der Waals surface area contributed by atoms with Crippen LogP contribution in [0.5, 0.6) is 0 Å². The van der Waals surface area contributed by atoms with Gasteiger partial charge in [0, 0.05) is 5.41 Å². The van der Waals surface area contributed by atoms with Crippen LogP contribution in [0.3, 0.4) is 0 Å². The summed E-state index contributed by atoms with van der Waals surface area (Å²) in [5, 5.41) is 0. The fourth-order valence-corrected chi connectivity index (χ4v) is 1.89. The van der Waals surface area contributed by atoms with E-state index in [1.165, 1.54) is 0 Å². The number of aromatic nitrogens is 1.